The van der Waals surface area contributed by atoms with Crippen molar-refractivity contribution in [1.82, 2.24) is 34.6 Å². The quantitative estimate of drug-likeness (QED) is 0.537. The molecule has 0 unspecified atom stereocenters. The molecule has 0 aliphatic carbocycles. The van der Waals surface area contributed by atoms with Gasteiger partial charge in [0.2, 0.25) is 0 Å². The summed E-state index contributed by atoms with van der Waals surface area (Å²) in [7, 11) is 0. The molecule has 130 valence electrons. The van der Waals surface area contributed by atoms with Crippen LogP contribution >= 0.6 is 0 Å². The number of carbonyl (C=O) groups excluding carboxylic acids is 1. The van der Waals surface area contributed by atoms with Gasteiger partial charge in [-0.05, 0) is 30.7 Å². The van der Waals surface area contributed by atoms with E-state index in [9.17, 15) is 4.79 Å². The molecule has 4 rings (SSSR count). The highest BCUT2D eigenvalue weighted by Gasteiger charge is 2.08. The number of nitrogens with zero attached hydrogens (tertiary/aromatic N) is 6. The molecule has 0 fully saturated rings. The summed E-state index contributed by atoms with van der Waals surface area (Å²) >= 11 is 0. The second kappa shape index (κ2) is 7.14. The standard InChI is InChI=1S/C18H17N7O/c26-18(14-6-8-20-17(10-14)25-12-19-11-23-25)21-7-3-9-24-13-22-15-4-1-2-5-16(15)24/h1-2,4-6,8,10-13H,3,7,9H2,(H,21,26). The van der Waals surface area contributed by atoms with Crippen molar-refractivity contribution >= 4 is 16.9 Å². The Balaban J connectivity index is 1.34. The van der Waals surface area contributed by atoms with Crippen molar-refractivity contribution in [2.75, 3.05) is 6.54 Å². The molecule has 4 aromatic rings. The molecule has 3 aromatic heterocycles. The first-order valence-corrected chi connectivity index (χ1v) is 8.30. The molecular weight excluding hydrogens is 330 g/mol. The zero-order valence-electron chi connectivity index (χ0n) is 14.0. The van der Waals surface area contributed by atoms with Crippen molar-refractivity contribution in [3.63, 3.8) is 0 Å². The molecule has 1 amide bonds. The second-order valence-electron chi connectivity index (χ2n) is 5.78. The summed E-state index contributed by atoms with van der Waals surface area (Å²) in [6.07, 6.45) is 7.20. The first kappa shape index (κ1) is 15.9. The summed E-state index contributed by atoms with van der Waals surface area (Å²) in [4.78, 5) is 24.8. The van der Waals surface area contributed by atoms with Crippen LogP contribution in [0.4, 0.5) is 0 Å². The maximum Gasteiger partial charge on any atom is 0.251 e. The SMILES string of the molecule is O=C(NCCCn1cnc2ccccc21)c1ccnc(-n2cncn2)c1. The number of aryl methyl sites for hydroxylation is 1. The van der Waals surface area contributed by atoms with E-state index in [4.69, 9.17) is 0 Å². The van der Waals surface area contributed by atoms with Gasteiger partial charge in [-0.1, -0.05) is 12.1 Å². The van der Waals surface area contributed by atoms with Gasteiger partial charge in [0.15, 0.2) is 5.82 Å². The molecule has 0 bridgehead atoms. The van der Waals surface area contributed by atoms with Gasteiger partial charge in [-0.2, -0.15) is 5.10 Å². The third-order valence-corrected chi connectivity index (χ3v) is 4.05. The van der Waals surface area contributed by atoms with Crippen molar-refractivity contribution in [2.45, 2.75) is 13.0 Å². The lowest BCUT2D eigenvalue weighted by atomic mass is 10.2. The van der Waals surface area contributed by atoms with E-state index < -0.39 is 0 Å². The third kappa shape index (κ3) is 3.30. The maximum absolute atomic E-state index is 12.3. The van der Waals surface area contributed by atoms with Crippen molar-refractivity contribution in [1.29, 1.82) is 0 Å². The fourth-order valence-corrected chi connectivity index (χ4v) is 2.75. The zero-order chi connectivity index (χ0) is 17.8. The van der Waals surface area contributed by atoms with Crippen LogP contribution in [-0.2, 0) is 6.54 Å². The fraction of sp³-hybridized carbons (Fsp3) is 0.167. The second-order valence-corrected chi connectivity index (χ2v) is 5.78. The molecule has 0 spiro atoms. The predicted octanol–water partition coefficient (Wildman–Crippen LogP) is 1.83. The summed E-state index contributed by atoms with van der Waals surface area (Å²) in [5.41, 5.74) is 2.62. The Morgan fingerprint density at radius 3 is 2.92 bits per heavy atom. The summed E-state index contributed by atoms with van der Waals surface area (Å²) in [5.74, 6) is 0.421. The van der Waals surface area contributed by atoms with Crippen molar-refractivity contribution < 1.29 is 4.79 Å². The topological polar surface area (TPSA) is 90.5 Å². The minimum atomic E-state index is -0.135. The van der Waals surface area contributed by atoms with E-state index in [0.29, 0.717) is 17.9 Å². The number of imidazole rings is 1. The minimum absolute atomic E-state index is 0.135. The van der Waals surface area contributed by atoms with Gasteiger partial charge in [0.25, 0.3) is 5.91 Å². The number of benzene rings is 1. The maximum atomic E-state index is 12.3. The van der Waals surface area contributed by atoms with Crippen LogP contribution in [-0.4, -0.2) is 41.8 Å². The van der Waals surface area contributed by atoms with Gasteiger partial charge < -0.3 is 9.88 Å². The Bertz CT molecular complexity index is 1020. The van der Waals surface area contributed by atoms with Gasteiger partial charge >= 0.3 is 0 Å². The van der Waals surface area contributed by atoms with E-state index in [0.717, 1.165) is 24.0 Å². The number of hydrogen-bond acceptors (Lipinski definition) is 5. The van der Waals surface area contributed by atoms with Crippen molar-refractivity contribution in [2.24, 2.45) is 0 Å². The van der Waals surface area contributed by atoms with Gasteiger partial charge in [-0.3, -0.25) is 4.79 Å². The summed E-state index contributed by atoms with van der Waals surface area (Å²) < 4.78 is 3.61. The molecule has 1 aromatic carbocycles. The molecule has 3 heterocycles. The van der Waals surface area contributed by atoms with E-state index in [-0.39, 0.29) is 5.91 Å². The molecule has 8 heteroatoms. The van der Waals surface area contributed by atoms with Gasteiger partial charge in [-0.25, -0.2) is 19.6 Å². The first-order chi connectivity index (χ1) is 12.8. The molecule has 0 aliphatic heterocycles. The van der Waals surface area contributed by atoms with Gasteiger partial charge in [0.1, 0.15) is 12.7 Å². The number of carbonyl (C=O) groups is 1. The number of aromatic nitrogens is 6. The van der Waals surface area contributed by atoms with Crippen molar-refractivity contribution in [3.05, 3.63) is 67.1 Å². The molecule has 0 atom stereocenters. The van der Waals surface area contributed by atoms with Gasteiger partial charge in [0, 0.05) is 24.8 Å². The Hall–Kier alpha value is -3.55. The smallest absolute Gasteiger partial charge is 0.251 e. The molecule has 0 radical (unpaired) electrons. The van der Waals surface area contributed by atoms with E-state index >= 15 is 0 Å². The zero-order valence-corrected chi connectivity index (χ0v) is 14.0. The molecular formula is C18H17N7O. The number of amides is 1. The highest BCUT2D eigenvalue weighted by molar-refractivity contribution is 5.94. The summed E-state index contributed by atoms with van der Waals surface area (Å²) in [6.45, 7) is 1.37. The third-order valence-electron chi connectivity index (χ3n) is 4.05. The predicted molar refractivity (Wildman–Crippen MR) is 95.8 cm³/mol. The Kier molecular flexibility index (Phi) is 4.38. The molecule has 0 saturated carbocycles. The van der Waals surface area contributed by atoms with E-state index in [1.54, 1.807) is 24.7 Å². The van der Waals surface area contributed by atoms with E-state index in [2.05, 4.69) is 29.9 Å². The van der Waals surface area contributed by atoms with Gasteiger partial charge in [0.05, 0.1) is 17.4 Å². The normalized spacial score (nSPS) is 10.9. The van der Waals surface area contributed by atoms with Crippen LogP contribution in [0.1, 0.15) is 16.8 Å². The lowest BCUT2D eigenvalue weighted by molar-refractivity contribution is 0.0952. The van der Waals surface area contributed by atoms with Gasteiger partial charge in [-0.15, -0.1) is 0 Å². The van der Waals surface area contributed by atoms with Crippen LogP contribution in [0, 0.1) is 0 Å². The number of hydrogen-bond donors (Lipinski definition) is 1. The van der Waals surface area contributed by atoms with Crippen LogP contribution in [0.5, 0.6) is 0 Å². The lowest BCUT2D eigenvalue weighted by Crippen LogP contribution is -2.25. The molecule has 26 heavy (non-hydrogen) atoms. The number of para-hydroxylation sites is 2. The first-order valence-electron chi connectivity index (χ1n) is 8.30. The van der Waals surface area contributed by atoms with E-state index in [1.807, 2.05) is 30.6 Å². The molecule has 1 N–H and O–H groups in total. The summed E-state index contributed by atoms with van der Waals surface area (Å²) in [5, 5.41) is 6.95. The molecule has 0 aliphatic rings. The van der Waals surface area contributed by atoms with Crippen LogP contribution in [0.25, 0.3) is 16.9 Å². The molecule has 8 nitrogen and oxygen atoms in total. The molecule has 0 saturated heterocycles. The largest absolute Gasteiger partial charge is 0.352 e. The van der Waals surface area contributed by atoms with E-state index in [1.165, 1.54) is 11.0 Å². The van der Waals surface area contributed by atoms with Crippen LogP contribution in [0.15, 0.2) is 61.6 Å². The fourth-order valence-electron chi connectivity index (χ4n) is 2.75. The average molecular weight is 347 g/mol. The van der Waals surface area contributed by atoms with Crippen LogP contribution in [0.3, 0.4) is 0 Å². The monoisotopic (exact) mass is 347 g/mol. The van der Waals surface area contributed by atoms with Crippen LogP contribution in [0.2, 0.25) is 0 Å². The Labute approximate surface area is 149 Å². The number of fused-ring (bicyclic) bond motifs is 1. The average Bonchev–Trinajstić information content (AvgIpc) is 3.35. The minimum Gasteiger partial charge on any atom is -0.352 e. The highest BCUT2D eigenvalue weighted by atomic mass is 16.1. The summed E-state index contributed by atoms with van der Waals surface area (Å²) in [6, 6.07) is 11.4. The highest BCUT2D eigenvalue weighted by Crippen LogP contribution is 2.12. The Morgan fingerprint density at radius 2 is 2.04 bits per heavy atom. The number of nitrogens with one attached hydrogen (secondary N) is 1. The lowest BCUT2D eigenvalue weighted by Gasteiger charge is -2.07. The Morgan fingerprint density at radius 1 is 1.12 bits per heavy atom. The number of pyridine rings is 1. The number of rotatable bonds is 6. The van der Waals surface area contributed by atoms with Crippen LogP contribution < -0.4 is 5.32 Å². The van der Waals surface area contributed by atoms with Crippen molar-refractivity contribution in [3.8, 4) is 5.82 Å².